The zero-order valence-corrected chi connectivity index (χ0v) is 12.8. The van der Waals surface area contributed by atoms with Crippen LogP contribution in [0.4, 0.5) is 0 Å². The number of hydrogen-bond donors (Lipinski definition) is 1. The van der Waals surface area contributed by atoms with E-state index in [1.54, 1.807) is 25.3 Å². The highest BCUT2D eigenvalue weighted by Crippen LogP contribution is 2.37. The van der Waals surface area contributed by atoms with Crippen LogP contribution in [0.15, 0.2) is 36.4 Å². The predicted molar refractivity (Wildman–Crippen MR) is 82.1 cm³/mol. The number of carbonyl (C=O) groups is 1. The van der Waals surface area contributed by atoms with Gasteiger partial charge >= 0.3 is 5.97 Å². The van der Waals surface area contributed by atoms with Gasteiger partial charge in [0.25, 0.3) is 0 Å². The first-order valence-electron chi connectivity index (χ1n) is 6.74. The van der Waals surface area contributed by atoms with Gasteiger partial charge in [-0.1, -0.05) is 12.1 Å². The monoisotopic (exact) mass is 302 g/mol. The Kier molecular flexibility index (Phi) is 4.88. The molecule has 22 heavy (non-hydrogen) atoms. The van der Waals surface area contributed by atoms with Gasteiger partial charge in [-0.2, -0.15) is 0 Å². The average Bonchev–Trinajstić information content (AvgIpc) is 2.49. The number of benzene rings is 2. The normalized spacial score (nSPS) is 10.1. The van der Waals surface area contributed by atoms with Crippen molar-refractivity contribution >= 4 is 5.97 Å². The zero-order chi connectivity index (χ0) is 16.1. The highest BCUT2D eigenvalue weighted by molar-refractivity contribution is 5.70. The second-order valence-electron chi connectivity index (χ2n) is 4.81. The summed E-state index contributed by atoms with van der Waals surface area (Å²) < 4.78 is 16.4. The molecule has 0 heterocycles. The van der Waals surface area contributed by atoms with Gasteiger partial charge in [0.05, 0.1) is 20.6 Å². The molecule has 0 aliphatic carbocycles. The molecule has 1 N–H and O–H groups in total. The number of hydrogen-bond acceptors (Lipinski definition) is 4. The molecule has 2 rings (SSSR count). The number of methoxy groups -OCH3 is 2. The quantitative estimate of drug-likeness (QED) is 0.885. The molecule has 0 spiro atoms. The fourth-order valence-corrected chi connectivity index (χ4v) is 2.06. The van der Waals surface area contributed by atoms with E-state index in [0.29, 0.717) is 28.6 Å². The second kappa shape index (κ2) is 6.85. The molecule has 116 valence electrons. The average molecular weight is 302 g/mol. The third-order valence-corrected chi connectivity index (χ3v) is 3.12. The Balaban J connectivity index is 2.31. The summed E-state index contributed by atoms with van der Waals surface area (Å²) in [4.78, 5) is 10.8. The van der Waals surface area contributed by atoms with Crippen molar-refractivity contribution in [2.24, 2.45) is 0 Å². The van der Waals surface area contributed by atoms with Crippen LogP contribution in [-0.2, 0) is 11.2 Å². The molecule has 0 fully saturated rings. The molecule has 0 atom stereocenters. The van der Waals surface area contributed by atoms with E-state index in [1.165, 1.54) is 7.11 Å². The Morgan fingerprint density at radius 1 is 0.955 bits per heavy atom. The molecule has 0 unspecified atom stereocenters. The Bertz CT molecular complexity index is 679. The molecule has 2 aromatic carbocycles. The van der Waals surface area contributed by atoms with E-state index in [-0.39, 0.29) is 6.42 Å². The third kappa shape index (κ3) is 3.69. The van der Waals surface area contributed by atoms with Crippen LogP contribution < -0.4 is 14.2 Å². The summed E-state index contributed by atoms with van der Waals surface area (Å²) in [5.74, 6) is 1.27. The van der Waals surface area contributed by atoms with Gasteiger partial charge in [-0.15, -0.1) is 0 Å². The molecular formula is C17H18O5. The summed E-state index contributed by atoms with van der Waals surface area (Å²) in [5.41, 5.74) is 1.71. The van der Waals surface area contributed by atoms with Crippen LogP contribution in [-0.4, -0.2) is 25.3 Å². The van der Waals surface area contributed by atoms with Crippen molar-refractivity contribution in [3.05, 3.63) is 47.5 Å². The molecule has 0 aliphatic rings. The van der Waals surface area contributed by atoms with Gasteiger partial charge in [0.1, 0.15) is 0 Å². The summed E-state index contributed by atoms with van der Waals surface area (Å²) in [6.45, 7) is 1.97. The largest absolute Gasteiger partial charge is 0.493 e. The minimum atomic E-state index is -0.893. The maximum Gasteiger partial charge on any atom is 0.307 e. The summed E-state index contributed by atoms with van der Waals surface area (Å²) in [6.07, 6.45) is -0.0650. The van der Waals surface area contributed by atoms with E-state index in [2.05, 4.69) is 0 Å². The van der Waals surface area contributed by atoms with Crippen LogP contribution in [0.3, 0.4) is 0 Å². The van der Waals surface area contributed by atoms with Crippen molar-refractivity contribution in [1.29, 1.82) is 0 Å². The summed E-state index contributed by atoms with van der Waals surface area (Å²) in [7, 11) is 3.09. The number of aryl methyl sites for hydroxylation is 1. The minimum absolute atomic E-state index is 0.0650. The van der Waals surface area contributed by atoms with Gasteiger partial charge in [0.2, 0.25) is 0 Å². The summed E-state index contributed by atoms with van der Waals surface area (Å²) in [5, 5.41) is 8.84. The van der Waals surface area contributed by atoms with Gasteiger partial charge in [0, 0.05) is 0 Å². The Hall–Kier alpha value is -2.69. The van der Waals surface area contributed by atoms with E-state index in [4.69, 9.17) is 19.3 Å². The molecule has 0 aromatic heterocycles. The lowest BCUT2D eigenvalue weighted by atomic mass is 10.1. The molecule has 5 nitrogen and oxygen atoms in total. The summed E-state index contributed by atoms with van der Waals surface area (Å²) in [6, 6.07) is 10.7. The topological polar surface area (TPSA) is 65.0 Å². The standard InChI is InChI=1S/C17H18O5/c1-11-4-6-13(15(8-11)20-2)22-14-7-5-12(10-17(18)19)9-16(14)21-3/h4-9H,10H2,1-3H3,(H,18,19). The molecule has 0 aliphatic heterocycles. The van der Waals surface area contributed by atoms with E-state index in [0.717, 1.165) is 5.56 Å². The van der Waals surface area contributed by atoms with Crippen molar-refractivity contribution in [2.45, 2.75) is 13.3 Å². The molecular weight excluding hydrogens is 284 g/mol. The number of carboxylic acid groups (broad SMARTS) is 1. The molecule has 2 aromatic rings. The lowest BCUT2D eigenvalue weighted by Crippen LogP contribution is -2.01. The Morgan fingerprint density at radius 2 is 1.55 bits per heavy atom. The number of rotatable bonds is 6. The van der Waals surface area contributed by atoms with Crippen LogP contribution in [0.1, 0.15) is 11.1 Å². The van der Waals surface area contributed by atoms with Gasteiger partial charge in [-0.3, -0.25) is 4.79 Å². The van der Waals surface area contributed by atoms with Crippen molar-refractivity contribution in [2.75, 3.05) is 14.2 Å². The van der Waals surface area contributed by atoms with Crippen LogP contribution in [0.25, 0.3) is 0 Å². The fourth-order valence-electron chi connectivity index (χ4n) is 2.06. The predicted octanol–water partition coefficient (Wildman–Crippen LogP) is 3.43. The van der Waals surface area contributed by atoms with Crippen molar-refractivity contribution < 1.29 is 24.1 Å². The van der Waals surface area contributed by atoms with Crippen LogP contribution in [0, 0.1) is 6.92 Å². The van der Waals surface area contributed by atoms with Crippen LogP contribution in [0.2, 0.25) is 0 Å². The number of ether oxygens (including phenoxy) is 3. The maximum absolute atomic E-state index is 10.8. The van der Waals surface area contributed by atoms with Crippen molar-refractivity contribution in [3.8, 4) is 23.0 Å². The van der Waals surface area contributed by atoms with E-state index in [9.17, 15) is 4.79 Å². The molecule has 0 radical (unpaired) electrons. The van der Waals surface area contributed by atoms with Crippen molar-refractivity contribution in [3.63, 3.8) is 0 Å². The van der Waals surface area contributed by atoms with Crippen molar-refractivity contribution in [1.82, 2.24) is 0 Å². The second-order valence-corrected chi connectivity index (χ2v) is 4.81. The molecule has 5 heteroatoms. The highest BCUT2D eigenvalue weighted by Gasteiger charge is 2.12. The Labute approximate surface area is 129 Å². The van der Waals surface area contributed by atoms with Crippen LogP contribution >= 0.6 is 0 Å². The third-order valence-electron chi connectivity index (χ3n) is 3.12. The lowest BCUT2D eigenvalue weighted by molar-refractivity contribution is -0.136. The van der Waals surface area contributed by atoms with Gasteiger partial charge in [-0.05, 0) is 42.3 Å². The highest BCUT2D eigenvalue weighted by atomic mass is 16.5. The first kappa shape index (κ1) is 15.7. The smallest absolute Gasteiger partial charge is 0.307 e. The summed E-state index contributed by atoms with van der Waals surface area (Å²) >= 11 is 0. The first-order chi connectivity index (χ1) is 10.5. The maximum atomic E-state index is 10.8. The molecule has 0 saturated heterocycles. The number of carboxylic acids is 1. The lowest BCUT2D eigenvalue weighted by Gasteiger charge is -2.14. The SMILES string of the molecule is COc1cc(C)ccc1Oc1ccc(CC(=O)O)cc1OC. The van der Waals surface area contributed by atoms with Crippen LogP contribution in [0.5, 0.6) is 23.0 Å². The number of aliphatic carboxylic acids is 1. The van der Waals surface area contributed by atoms with E-state index in [1.807, 2.05) is 25.1 Å². The first-order valence-corrected chi connectivity index (χ1v) is 6.74. The minimum Gasteiger partial charge on any atom is -0.493 e. The fraction of sp³-hybridized carbons (Fsp3) is 0.235. The van der Waals surface area contributed by atoms with E-state index >= 15 is 0 Å². The van der Waals surface area contributed by atoms with E-state index < -0.39 is 5.97 Å². The zero-order valence-electron chi connectivity index (χ0n) is 12.8. The Morgan fingerprint density at radius 3 is 2.14 bits per heavy atom. The van der Waals surface area contributed by atoms with Gasteiger partial charge in [-0.25, -0.2) is 0 Å². The molecule has 0 amide bonds. The van der Waals surface area contributed by atoms with Gasteiger partial charge < -0.3 is 19.3 Å². The molecule has 0 saturated carbocycles. The molecule has 0 bridgehead atoms. The van der Waals surface area contributed by atoms with Gasteiger partial charge in [0.15, 0.2) is 23.0 Å².